The van der Waals surface area contributed by atoms with E-state index in [-0.39, 0.29) is 0 Å². The predicted molar refractivity (Wildman–Crippen MR) is 74.3 cm³/mol. The van der Waals surface area contributed by atoms with Crippen molar-refractivity contribution >= 4 is 28.2 Å². The molecular weight excluding hydrogens is 230 g/mol. The van der Waals surface area contributed by atoms with E-state index in [4.69, 9.17) is 5.84 Å². The third kappa shape index (κ3) is 2.54. The first-order valence-electron chi connectivity index (χ1n) is 5.42. The number of nitrogens with zero attached hydrogens (tertiary/aromatic N) is 2. The molecule has 17 heavy (non-hydrogen) atoms. The molecule has 0 aliphatic carbocycles. The van der Waals surface area contributed by atoms with Crippen LogP contribution in [0.5, 0.6) is 0 Å². The number of benzene rings is 1. The van der Waals surface area contributed by atoms with Gasteiger partial charge in [0.05, 0.1) is 11.4 Å². The van der Waals surface area contributed by atoms with Gasteiger partial charge in [0.25, 0.3) is 0 Å². The molecule has 0 saturated heterocycles. The minimum absolute atomic E-state index is 0.807. The van der Waals surface area contributed by atoms with E-state index < -0.39 is 0 Å². The number of para-hydroxylation sites is 1. The van der Waals surface area contributed by atoms with Gasteiger partial charge in [0.2, 0.25) is 5.13 Å². The second-order valence-electron chi connectivity index (χ2n) is 3.64. The highest BCUT2D eigenvalue weighted by Gasteiger charge is 2.11. The number of rotatable bonds is 3. The molecule has 2 rings (SSSR count). The summed E-state index contributed by atoms with van der Waals surface area (Å²) in [5, 5.41) is 2.42. The largest absolute Gasteiger partial charge is 0.254 e. The van der Waals surface area contributed by atoms with E-state index >= 15 is 0 Å². The number of aryl methyl sites for hydroxylation is 1. The Morgan fingerprint density at radius 3 is 2.65 bits per heavy atom. The third-order valence-electron chi connectivity index (χ3n) is 2.39. The zero-order valence-electron chi connectivity index (χ0n) is 9.92. The number of allylic oxidation sites excluding steroid dienone is 1. The molecule has 0 unspecified atom stereocenters. The lowest BCUT2D eigenvalue weighted by Gasteiger charge is -2.14. The number of hydrogen-bond donors (Lipinski definition) is 1. The van der Waals surface area contributed by atoms with Gasteiger partial charge in [-0.05, 0) is 32.1 Å². The highest BCUT2D eigenvalue weighted by atomic mass is 32.1. The molecule has 0 spiro atoms. The fourth-order valence-electron chi connectivity index (χ4n) is 1.51. The van der Waals surface area contributed by atoms with Crippen LogP contribution in [0.3, 0.4) is 0 Å². The van der Waals surface area contributed by atoms with Gasteiger partial charge in [-0.1, -0.05) is 35.6 Å². The van der Waals surface area contributed by atoms with Crippen molar-refractivity contribution in [3.05, 3.63) is 47.0 Å². The zero-order chi connectivity index (χ0) is 12.3. The molecule has 1 heterocycles. The Balaban J connectivity index is 2.32. The topological polar surface area (TPSA) is 42.2 Å². The number of thiazole rings is 1. The van der Waals surface area contributed by atoms with E-state index in [1.54, 1.807) is 16.3 Å². The van der Waals surface area contributed by atoms with Crippen LogP contribution in [0.2, 0.25) is 0 Å². The van der Waals surface area contributed by atoms with Crippen molar-refractivity contribution in [1.82, 2.24) is 4.98 Å². The fraction of sp³-hybridized carbons (Fsp3) is 0.154. The smallest absolute Gasteiger partial charge is 0.205 e. The first-order valence-corrected chi connectivity index (χ1v) is 6.24. The Morgan fingerprint density at radius 2 is 2.00 bits per heavy atom. The molecule has 4 heteroatoms. The average molecular weight is 245 g/mol. The van der Waals surface area contributed by atoms with Crippen molar-refractivity contribution in [2.24, 2.45) is 5.84 Å². The van der Waals surface area contributed by atoms with Gasteiger partial charge < -0.3 is 0 Å². The summed E-state index contributed by atoms with van der Waals surface area (Å²) >= 11 is 1.60. The van der Waals surface area contributed by atoms with Gasteiger partial charge in [0, 0.05) is 4.88 Å². The SMILES string of the molecule is C/C=C\c1nc(N(N)c2ccccc2)sc1C. The molecule has 0 radical (unpaired) electrons. The highest BCUT2D eigenvalue weighted by molar-refractivity contribution is 7.15. The Kier molecular flexibility index (Phi) is 3.56. The predicted octanol–water partition coefficient (Wildman–Crippen LogP) is 3.50. The molecule has 0 aliphatic heterocycles. The van der Waals surface area contributed by atoms with Gasteiger partial charge in [0.1, 0.15) is 0 Å². The monoisotopic (exact) mass is 245 g/mol. The van der Waals surface area contributed by atoms with Crippen LogP contribution in [0.25, 0.3) is 6.08 Å². The Labute approximate surface area is 105 Å². The highest BCUT2D eigenvalue weighted by Crippen LogP contribution is 2.29. The standard InChI is InChI=1S/C13H15N3S/c1-3-7-12-10(2)17-13(15-12)16(14)11-8-5-4-6-9-11/h3-9H,14H2,1-2H3/b7-3-. The lowest BCUT2D eigenvalue weighted by atomic mass is 10.3. The first-order chi connectivity index (χ1) is 8.22. The molecule has 0 atom stereocenters. The van der Waals surface area contributed by atoms with Crippen molar-refractivity contribution in [3.8, 4) is 0 Å². The van der Waals surface area contributed by atoms with E-state index in [0.717, 1.165) is 16.5 Å². The first kappa shape index (κ1) is 11.8. The van der Waals surface area contributed by atoms with Crippen molar-refractivity contribution in [1.29, 1.82) is 0 Å². The van der Waals surface area contributed by atoms with Crippen molar-refractivity contribution in [2.45, 2.75) is 13.8 Å². The van der Waals surface area contributed by atoms with Gasteiger partial charge in [-0.25, -0.2) is 10.8 Å². The van der Waals surface area contributed by atoms with Crippen LogP contribution in [0.1, 0.15) is 17.5 Å². The van der Waals surface area contributed by atoms with Crippen molar-refractivity contribution in [2.75, 3.05) is 5.01 Å². The normalized spacial score (nSPS) is 11.0. The maximum Gasteiger partial charge on any atom is 0.205 e. The number of nitrogens with two attached hydrogens (primary N) is 1. The van der Waals surface area contributed by atoms with Crippen molar-refractivity contribution < 1.29 is 0 Å². The maximum atomic E-state index is 6.05. The quantitative estimate of drug-likeness (QED) is 0.664. The Bertz CT molecular complexity index is 517. The molecule has 1 aromatic heterocycles. The van der Waals surface area contributed by atoms with Gasteiger partial charge >= 0.3 is 0 Å². The lowest BCUT2D eigenvalue weighted by Crippen LogP contribution is -2.24. The Hall–Kier alpha value is -1.65. The van der Waals surface area contributed by atoms with Gasteiger partial charge in [0.15, 0.2) is 0 Å². The zero-order valence-corrected chi connectivity index (χ0v) is 10.7. The van der Waals surface area contributed by atoms with E-state index in [9.17, 15) is 0 Å². The molecule has 0 aliphatic rings. The van der Waals surface area contributed by atoms with E-state index in [1.807, 2.05) is 49.4 Å². The number of hydrazine groups is 1. The van der Waals surface area contributed by atoms with Crippen LogP contribution in [0.4, 0.5) is 10.8 Å². The van der Waals surface area contributed by atoms with Crippen LogP contribution in [-0.4, -0.2) is 4.98 Å². The van der Waals surface area contributed by atoms with Crippen molar-refractivity contribution in [3.63, 3.8) is 0 Å². The second kappa shape index (κ2) is 5.12. The minimum Gasteiger partial charge on any atom is -0.254 e. The lowest BCUT2D eigenvalue weighted by molar-refractivity contribution is 1.06. The molecule has 1 aromatic carbocycles. The summed E-state index contributed by atoms with van der Waals surface area (Å²) in [4.78, 5) is 5.68. The molecule has 0 amide bonds. The maximum absolute atomic E-state index is 6.05. The van der Waals surface area contributed by atoms with Crippen LogP contribution in [-0.2, 0) is 0 Å². The minimum atomic E-state index is 0.807. The molecule has 2 N–H and O–H groups in total. The van der Waals surface area contributed by atoms with Crippen LogP contribution in [0, 0.1) is 6.92 Å². The second-order valence-corrected chi connectivity index (χ2v) is 4.83. The van der Waals surface area contributed by atoms with Gasteiger partial charge in [-0.3, -0.25) is 5.01 Å². The average Bonchev–Trinajstić information content (AvgIpc) is 2.72. The summed E-state index contributed by atoms with van der Waals surface area (Å²) in [5.74, 6) is 6.05. The summed E-state index contributed by atoms with van der Waals surface area (Å²) < 4.78 is 0. The summed E-state index contributed by atoms with van der Waals surface area (Å²) in [7, 11) is 0. The molecule has 0 bridgehead atoms. The van der Waals surface area contributed by atoms with Crippen LogP contribution < -0.4 is 10.9 Å². The van der Waals surface area contributed by atoms with Gasteiger partial charge in [-0.2, -0.15) is 0 Å². The fourth-order valence-corrected chi connectivity index (χ4v) is 2.35. The van der Waals surface area contributed by atoms with Crippen LogP contribution >= 0.6 is 11.3 Å². The molecular formula is C13H15N3S. The molecule has 3 nitrogen and oxygen atoms in total. The summed E-state index contributed by atoms with van der Waals surface area (Å²) in [6, 6.07) is 9.82. The Morgan fingerprint density at radius 1 is 1.29 bits per heavy atom. The molecule has 2 aromatic rings. The molecule has 0 saturated carbocycles. The van der Waals surface area contributed by atoms with E-state index in [1.165, 1.54) is 4.88 Å². The van der Waals surface area contributed by atoms with Crippen LogP contribution in [0.15, 0.2) is 36.4 Å². The van der Waals surface area contributed by atoms with E-state index in [0.29, 0.717) is 0 Å². The number of aromatic nitrogens is 1. The number of anilines is 2. The molecule has 88 valence electrons. The number of hydrogen-bond acceptors (Lipinski definition) is 4. The summed E-state index contributed by atoms with van der Waals surface area (Å²) in [5.41, 5.74) is 1.92. The summed E-state index contributed by atoms with van der Waals surface area (Å²) in [6.07, 6.45) is 3.98. The van der Waals surface area contributed by atoms with Gasteiger partial charge in [-0.15, -0.1) is 0 Å². The van der Waals surface area contributed by atoms with E-state index in [2.05, 4.69) is 11.9 Å². The molecule has 0 fully saturated rings. The summed E-state index contributed by atoms with van der Waals surface area (Å²) in [6.45, 7) is 4.03. The third-order valence-corrected chi connectivity index (χ3v) is 3.37.